The summed E-state index contributed by atoms with van der Waals surface area (Å²) in [5.74, 6) is 0.627. The van der Waals surface area contributed by atoms with E-state index >= 15 is 0 Å². The number of carbonyl (C=O) groups excluding carboxylic acids is 1. The summed E-state index contributed by atoms with van der Waals surface area (Å²) >= 11 is 0. The van der Waals surface area contributed by atoms with Gasteiger partial charge in [-0.3, -0.25) is 4.79 Å². The van der Waals surface area contributed by atoms with Gasteiger partial charge in [0.15, 0.2) is 9.84 Å². The summed E-state index contributed by atoms with van der Waals surface area (Å²) in [5, 5.41) is -0.553. The highest BCUT2D eigenvalue weighted by Gasteiger charge is 2.43. The molecule has 0 radical (unpaired) electrons. The van der Waals surface area contributed by atoms with Crippen molar-refractivity contribution in [1.82, 2.24) is 4.90 Å². The number of carbonyl (C=O) groups is 1. The Kier molecular flexibility index (Phi) is 4.23. The third-order valence-electron chi connectivity index (χ3n) is 5.24. The smallest absolute Gasteiger partial charge is 0.255 e. The second-order valence-corrected chi connectivity index (χ2v) is 9.44. The number of sulfone groups is 1. The average molecular weight is 336 g/mol. The number of rotatable bonds is 3. The van der Waals surface area contributed by atoms with Gasteiger partial charge in [0, 0.05) is 19.1 Å². The molecular formula is C17H24N2O3S. The van der Waals surface area contributed by atoms with E-state index in [2.05, 4.69) is 0 Å². The first-order valence-corrected chi connectivity index (χ1v) is 9.74. The van der Waals surface area contributed by atoms with Gasteiger partial charge in [-0.05, 0) is 50.7 Å². The highest BCUT2D eigenvalue weighted by Crippen LogP contribution is 2.38. The number of amides is 1. The van der Waals surface area contributed by atoms with Gasteiger partial charge in [-0.1, -0.05) is 12.1 Å². The van der Waals surface area contributed by atoms with Crippen molar-refractivity contribution in [3.8, 4) is 0 Å². The molecule has 1 aromatic carbocycles. The van der Waals surface area contributed by atoms with Gasteiger partial charge in [0.25, 0.3) is 5.91 Å². The van der Waals surface area contributed by atoms with Gasteiger partial charge in [0.1, 0.15) is 0 Å². The average Bonchev–Trinajstić information content (AvgIpc) is 3.09. The summed E-state index contributed by atoms with van der Waals surface area (Å²) in [7, 11) is -3.48. The Balaban J connectivity index is 1.90. The minimum absolute atomic E-state index is 0.140. The summed E-state index contributed by atoms with van der Waals surface area (Å²) in [6.07, 6.45) is 2.08. The molecule has 5 nitrogen and oxygen atoms in total. The van der Waals surface area contributed by atoms with Gasteiger partial charge < -0.3 is 10.6 Å². The van der Waals surface area contributed by atoms with Gasteiger partial charge in [-0.15, -0.1) is 0 Å². The number of benzene rings is 1. The van der Waals surface area contributed by atoms with Crippen molar-refractivity contribution in [1.29, 1.82) is 0 Å². The van der Waals surface area contributed by atoms with Crippen LogP contribution in [0.2, 0.25) is 0 Å². The minimum atomic E-state index is -3.48. The molecule has 1 saturated carbocycles. The van der Waals surface area contributed by atoms with Crippen LogP contribution in [-0.4, -0.2) is 43.6 Å². The molecule has 6 heteroatoms. The number of likely N-dealkylation sites (tertiary alicyclic amines) is 1. The molecule has 0 aromatic heterocycles. The molecule has 1 saturated heterocycles. The lowest BCUT2D eigenvalue weighted by Crippen LogP contribution is -2.34. The predicted molar refractivity (Wildman–Crippen MR) is 88.9 cm³/mol. The van der Waals surface area contributed by atoms with Crippen molar-refractivity contribution in [2.45, 2.75) is 42.9 Å². The summed E-state index contributed by atoms with van der Waals surface area (Å²) < 4.78 is 25.1. The Morgan fingerprint density at radius 3 is 2.57 bits per heavy atom. The molecular weight excluding hydrogens is 312 g/mol. The van der Waals surface area contributed by atoms with E-state index in [0.717, 1.165) is 12.8 Å². The molecule has 2 aliphatic rings. The van der Waals surface area contributed by atoms with Crippen LogP contribution in [0, 0.1) is 11.8 Å². The second kappa shape index (κ2) is 5.91. The Morgan fingerprint density at radius 1 is 1.22 bits per heavy atom. The number of hydrogen-bond acceptors (Lipinski definition) is 4. The number of nitrogens with zero attached hydrogens (tertiary/aromatic N) is 1. The maximum Gasteiger partial charge on any atom is 0.255 e. The third kappa shape index (κ3) is 2.78. The largest absolute Gasteiger partial charge is 0.338 e. The molecule has 23 heavy (non-hydrogen) atoms. The van der Waals surface area contributed by atoms with E-state index in [-0.39, 0.29) is 22.4 Å². The molecule has 2 N–H and O–H groups in total. The minimum Gasteiger partial charge on any atom is -0.338 e. The van der Waals surface area contributed by atoms with Crippen molar-refractivity contribution in [3.63, 3.8) is 0 Å². The molecule has 1 amide bonds. The molecule has 3 rings (SSSR count). The van der Waals surface area contributed by atoms with E-state index < -0.39 is 15.1 Å². The van der Waals surface area contributed by atoms with Crippen LogP contribution in [0.4, 0.5) is 0 Å². The molecule has 0 bridgehead atoms. The molecule has 1 aromatic rings. The van der Waals surface area contributed by atoms with Gasteiger partial charge in [-0.2, -0.15) is 0 Å². The molecule has 2 fully saturated rings. The van der Waals surface area contributed by atoms with Gasteiger partial charge in [0.2, 0.25) is 0 Å². The van der Waals surface area contributed by atoms with E-state index in [0.29, 0.717) is 24.9 Å². The van der Waals surface area contributed by atoms with Crippen molar-refractivity contribution in [3.05, 3.63) is 29.8 Å². The molecule has 1 aliphatic carbocycles. The Bertz CT molecular complexity index is 714. The van der Waals surface area contributed by atoms with Crippen LogP contribution in [0.25, 0.3) is 0 Å². The van der Waals surface area contributed by atoms with Gasteiger partial charge in [-0.25, -0.2) is 8.42 Å². The fourth-order valence-corrected chi connectivity index (χ4v) is 5.03. The highest BCUT2D eigenvalue weighted by molar-refractivity contribution is 7.92. The van der Waals surface area contributed by atoms with Crippen LogP contribution in [0.1, 0.15) is 37.0 Å². The topological polar surface area (TPSA) is 80.5 Å². The van der Waals surface area contributed by atoms with E-state index in [9.17, 15) is 13.2 Å². The molecule has 3 unspecified atom stereocenters. The Morgan fingerprint density at radius 2 is 1.91 bits per heavy atom. The molecule has 1 aliphatic heterocycles. The van der Waals surface area contributed by atoms with Gasteiger partial charge >= 0.3 is 0 Å². The number of hydrogen-bond donors (Lipinski definition) is 1. The van der Waals surface area contributed by atoms with Crippen LogP contribution < -0.4 is 5.73 Å². The van der Waals surface area contributed by atoms with E-state index in [4.69, 9.17) is 5.73 Å². The molecule has 1 heterocycles. The maximum absolute atomic E-state index is 12.9. The van der Waals surface area contributed by atoms with E-state index in [1.54, 1.807) is 36.9 Å². The second-order valence-electron chi connectivity index (χ2n) is 6.97. The molecule has 126 valence electrons. The first-order chi connectivity index (χ1) is 10.8. The lowest BCUT2D eigenvalue weighted by Gasteiger charge is -2.21. The fraction of sp³-hybridized carbons (Fsp3) is 0.588. The summed E-state index contributed by atoms with van der Waals surface area (Å²) in [6.45, 7) is 4.60. The van der Waals surface area contributed by atoms with Crippen molar-refractivity contribution in [2.75, 3.05) is 13.1 Å². The quantitative estimate of drug-likeness (QED) is 0.910. The van der Waals surface area contributed by atoms with Crippen LogP contribution in [0.3, 0.4) is 0 Å². The number of nitrogens with two attached hydrogens (primary N) is 1. The Hall–Kier alpha value is -1.40. The zero-order valence-electron chi connectivity index (χ0n) is 13.6. The predicted octanol–water partition coefficient (Wildman–Crippen LogP) is 1.68. The first kappa shape index (κ1) is 16.5. The summed E-state index contributed by atoms with van der Waals surface area (Å²) in [4.78, 5) is 14.8. The first-order valence-electron chi connectivity index (χ1n) is 8.20. The van der Waals surface area contributed by atoms with Crippen LogP contribution >= 0.6 is 0 Å². The number of fused-ring (bicyclic) bond motifs is 1. The van der Waals surface area contributed by atoms with Crippen LogP contribution in [0.5, 0.6) is 0 Å². The SMILES string of the molecule is CC(C)S(=O)(=O)c1ccccc1C(=O)N1CC2CCC(N)C2C1. The maximum atomic E-state index is 12.9. The monoisotopic (exact) mass is 336 g/mol. The van der Waals surface area contributed by atoms with E-state index in [1.165, 1.54) is 6.07 Å². The lowest BCUT2D eigenvalue weighted by atomic mass is 9.98. The zero-order valence-corrected chi connectivity index (χ0v) is 14.4. The zero-order chi connectivity index (χ0) is 16.8. The lowest BCUT2D eigenvalue weighted by molar-refractivity contribution is 0.0775. The van der Waals surface area contributed by atoms with Gasteiger partial charge in [0.05, 0.1) is 15.7 Å². The van der Waals surface area contributed by atoms with Crippen LogP contribution in [-0.2, 0) is 9.84 Å². The molecule has 3 atom stereocenters. The highest BCUT2D eigenvalue weighted by atomic mass is 32.2. The molecule has 0 spiro atoms. The standard InChI is InChI=1S/C17H24N2O3S/c1-11(2)23(21,22)16-6-4-3-5-13(16)17(20)19-9-12-7-8-15(18)14(12)10-19/h3-6,11-12,14-15H,7-10,18H2,1-2H3. The van der Waals surface area contributed by atoms with Crippen molar-refractivity contribution < 1.29 is 13.2 Å². The summed E-state index contributed by atoms with van der Waals surface area (Å²) in [6, 6.07) is 6.69. The normalized spacial score (nSPS) is 27.5. The summed E-state index contributed by atoms with van der Waals surface area (Å²) in [5.41, 5.74) is 6.41. The fourth-order valence-electron chi connectivity index (χ4n) is 3.79. The van der Waals surface area contributed by atoms with E-state index in [1.807, 2.05) is 0 Å². The van der Waals surface area contributed by atoms with Crippen molar-refractivity contribution >= 4 is 15.7 Å². The Labute approximate surface area is 137 Å². The van der Waals surface area contributed by atoms with Crippen molar-refractivity contribution in [2.24, 2.45) is 17.6 Å². The third-order valence-corrected chi connectivity index (χ3v) is 7.45. The van der Waals surface area contributed by atoms with Crippen LogP contribution in [0.15, 0.2) is 29.2 Å².